The van der Waals surface area contributed by atoms with E-state index in [2.05, 4.69) is 15.1 Å². The molecule has 1 fully saturated rings. The Morgan fingerprint density at radius 3 is 2.52 bits per heavy atom. The summed E-state index contributed by atoms with van der Waals surface area (Å²) >= 11 is 0. The Balaban J connectivity index is 1.37. The lowest BCUT2D eigenvalue weighted by Crippen LogP contribution is -2.39. The molecular weight excluding hydrogens is 369 g/mol. The van der Waals surface area contributed by atoms with Crippen LogP contribution in [0.5, 0.6) is 5.75 Å². The van der Waals surface area contributed by atoms with Gasteiger partial charge in [0.25, 0.3) is 0 Å². The second kappa shape index (κ2) is 10.9. The van der Waals surface area contributed by atoms with Gasteiger partial charge in [-0.1, -0.05) is 30.3 Å². The highest BCUT2D eigenvalue weighted by atomic mass is 19.1. The zero-order chi connectivity index (χ0) is 20.5. The normalized spacial score (nSPS) is 15.7. The van der Waals surface area contributed by atoms with Gasteiger partial charge in [-0.05, 0) is 49.7 Å². The smallest absolute Gasteiger partial charge is 0.234 e. The standard InChI is InChI=1S/C23H30FN3O2/c1-29-21-9-7-19(8-10-21)11-12-25-23(28)18-27-14-4-13-26(15-16-27)17-20-5-2-3-6-22(20)24/h2-3,5-10H,4,11-18H2,1H3,(H,25,28). The summed E-state index contributed by atoms with van der Waals surface area (Å²) in [4.78, 5) is 16.7. The molecule has 0 radical (unpaired) electrons. The molecule has 156 valence electrons. The number of halogens is 1. The average Bonchev–Trinajstić information content (AvgIpc) is 2.95. The number of amides is 1. The molecule has 0 unspecified atom stereocenters. The largest absolute Gasteiger partial charge is 0.497 e. The Labute approximate surface area is 172 Å². The molecule has 0 bridgehead atoms. The van der Waals surface area contributed by atoms with Gasteiger partial charge in [-0.15, -0.1) is 0 Å². The lowest BCUT2D eigenvalue weighted by Gasteiger charge is -2.21. The van der Waals surface area contributed by atoms with E-state index in [1.165, 1.54) is 11.6 Å². The Morgan fingerprint density at radius 2 is 1.76 bits per heavy atom. The molecule has 1 saturated heterocycles. The fourth-order valence-corrected chi connectivity index (χ4v) is 3.61. The topological polar surface area (TPSA) is 44.8 Å². The lowest BCUT2D eigenvalue weighted by molar-refractivity contribution is -0.122. The number of nitrogens with one attached hydrogen (secondary N) is 1. The second-order valence-electron chi connectivity index (χ2n) is 7.45. The van der Waals surface area contributed by atoms with Crippen molar-refractivity contribution in [2.24, 2.45) is 0 Å². The van der Waals surface area contributed by atoms with Crippen molar-refractivity contribution in [1.82, 2.24) is 15.1 Å². The van der Waals surface area contributed by atoms with Crippen LogP contribution in [0.4, 0.5) is 4.39 Å². The van der Waals surface area contributed by atoms with E-state index in [0.29, 0.717) is 19.6 Å². The molecular formula is C23H30FN3O2. The van der Waals surface area contributed by atoms with E-state index in [1.807, 2.05) is 36.4 Å². The van der Waals surface area contributed by atoms with E-state index in [9.17, 15) is 9.18 Å². The molecule has 29 heavy (non-hydrogen) atoms. The molecule has 2 aromatic carbocycles. The summed E-state index contributed by atoms with van der Waals surface area (Å²) in [6, 6.07) is 14.8. The molecule has 0 aliphatic carbocycles. The molecule has 5 nitrogen and oxygen atoms in total. The number of ether oxygens (including phenoxy) is 1. The summed E-state index contributed by atoms with van der Waals surface area (Å²) in [6.45, 7) is 5.13. The molecule has 6 heteroatoms. The fraction of sp³-hybridized carbons (Fsp3) is 0.435. The van der Waals surface area contributed by atoms with Crippen LogP contribution in [0, 0.1) is 5.82 Å². The van der Waals surface area contributed by atoms with E-state index in [4.69, 9.17) is 4.74 Å². The second-order valence-corrected chi connectivity index (χ2v) is 7.45. The first kappa shape index (κ1) is 21.3. The molecule has 0 saturated carbocycles. The van der Waals surface area contributed by atoms with Crippen LogP contribution in [-0.4, -0.2) is 62.1 Å². The van der Waals surface area contributed by atoms with Gasteiger partial charge in [-0.2, -0.15) is 0 Å². The minimum Gasteiger partial charge on any atom is -0.497 e. The Hall–Kier alpha value is -2.44. The summed E-state index contributed by atoms with van der Waals surface area (Å²) in [5, 5.41) is 3.01. The number of hydrogen-bond donors (Lipinski definition) is 1. The monoisotopic (exact) mass is 399 g/mol. The van der Waals surface area contributed by atoms with Gasteiger partial charge in [0.15, 0.2) is 0 Å². The quantitative estimate of drug-likeness (QED) is 0.741. The Kier molecular flexibility index (Phi) is 8.02. The molecule has 0 aromatic heterocycles. The first-order chi connectivity index (χ1) is 14.1. The molecule has 3 rings (SSSR count). The van der Waals surface area contributed by atoms with E-state index in [-0.39, 0.29) is 11.7 Å². The van der Waals surface area contributed by atoms with Crippen molar-refractivity contribution < 1.29 is 13.9 Å². The predicted octanol–water partition coefficient (Wildman–Crippen LogP) is 2.70. The van der Waals surface area contributed by atoms with Crippen molar-refractivity contribution >= 4 is 5.91 Å². The molecule has 0 atom stereocenters. The van der Waals surface area contributed by atoms with Gasteiger partial charge in [0.2, 0.25) is 5.91 Å². The van der Waals surface area contributed by atoms with Crippen molar-refractivity contribution in [3.63, 3.8) is 0 Å². The molecule has 1 amide bonds. The van der Waals surface area contributed by atoms with Gasteiger partial charge in [0.1, 0.15) is 11.6 Å². The van der Waals surface area contributed by atoms with Crippen molar-refractivity contribution in [2.45, 2.75) is 19.4 Å². The third kappa shape index (κ3) is 6.84. The Morgan fingerprint density at radius 1 is 1.03 bits per heavy atom. The van der Waals surface area contributed by atoms with Crippen molar-refractivity contribution in [1.29, 1.82) is 0 Å². The number of methoxy groups -OCH3 is 1. The molecule has 2 aromatic rings. The van der Waals surface area contributed by atoms with Crippen molar-refractivity contribution in [3.05, 3.63) is 65.5 Å². The summed E-state index contributed by atoms with van der Waals surface area (Å²) in [5.41, 5.74) is 1.90. The highest BCUT2D eigenvalue weighted by Gasteiger charge is 2.18. The average molecular weight is 400 g/mol. The lowest BCUT2D eigenvalue weighted by atomic mass is 10.1. The number of hydrogen-bond acceptors (Lipinski definition) is 4. The zero-order valence-corrected chi connectivity index (χ0v) is 17.1. The number of nitrogens with zero attached hydrogens (tertiary/aromatic N) is 2. The summed E-state index contributed by atoms with van der Waals surface area (Å²) in [7, 11) is 1.65. The van der Waals surface area contributed by atoms with Gasteiger partial charge in [0.05, 0.1) is 13.7 Å². The van der Waals surface area contributed by atoms with Crippen LogP contribution >= 0.6 is 0 Å². The van der Waals surface area contributed by atoms with Crippen LogP contribution < -0.4 is 10.1 Å². The van der Waals surface area contributed by atoms with Gasteiger partial charge in [0, 0.05) is 31.7 Å². The number of rotatable bonds is 8. The molecule has 1 N–H and O–H groups in total. The van der Waals surface area contributed by atoms with Gasteiger partial charge >= 0.3 is 0 Å². The maximum Gasteiger partial charge on any atom is 0.234 e. The SMILES string of the molecule is COc1ccc(CCNC(=O)CN2CCCN(Cc3ccccc3F)CC2)cc1. The zero-order valence-electron chi connectivity index (χ0n) is 17.1. The van der Waals surface area contributed by atoms with Gasteiger partial charge in [-0.25, -0.2) is 4.39 Å². The molecule has 1 heterocycles. The van der Waals surface area contributed by atoms with Crippen LogP contribution in [0.1, 0.15) is 17.5 Å². The summed E-state index contributed by atoms with van der Waals surface area (Å²) in [5.74, 6) is 0.744. The maximum absolute atomic E-state index is 13.9. The first-order valence-electron chi connectivity index (χ1n) is 10.2. The van der Waals surface area contributed by atoms with Crippen molar-refractivity contribution in [3.8, 4) is 5.75 Å². The first-order valence-corrected chi connectivity index (χ1v) is 10.2. The Bertz CT molecular complexity index is 782. The predicted molar refractivity (Wildman–Crippen MR) is 112 cm³/mol. The van der Waals surface area contributed by atoms with Gasteiger partial charge < -0.3 is 10.1 Å². The maximum atomic E-state index is 13.9. The van der Waals surface area contributed by atoms with E-state index >= 15 is 0 Å². The van der Waals surface area contributed by atoms with E-state index in [0.717, 1.165) is 50.3 Å². The van der Waals surface area contributed by atoms with Crippen LogP contribution in [0.25, 0.3) is 0 Å². The number of carbonyl (C=O) groups is 1. The van der Waals surface area contributed by atoms with Crippen LogP contribution in [0.3, 0.4) is 0 Å². The number of benzene rings is 2. The highest BCUT2D eigenvalue weighted by Crippen LogP contribution is 2.13. The summed E-state index contributed by atoms with van der Waals surface area (Å²) < 4.78 is 19.0. The molecule has 1 aliphatic heterocycles. The van der Waals surface area contributed by atoms with E-state index < -0.39 is 0 Å². The van der Waals surface area contributed by atoms with Crippen molar-refractivity contribution in [2.75, 3.05) is 46.4 Å². The molecule has 1 aliphatic rings. The fourth-order valence-electron chi connectivity index (χ4n) is 3.61. The molecule has 0 spiro atoms. The minimum atomic E-state index is -0.148. The summed E-state index contributed by atoms with van der Waals surface area (Å²) in [6.07, 6.45) is 1.78. The van der Waals surface area contributed by atoms with Crippen LogP contribution in [0.15, 0.2) is 48.5 Å². The third-order valence-electron chi connectivity index (χ3n) is 5.30. The minimum absolute atomic E-state index is 0.0565. The van der Waals surface area contributed by atoms with Crippen LogP contribution in [0.2, 0.25) is 0 Å². The number of carbonyl (C=O) groups excluding carboxylic acids is 1. The van der Waals surface area contributed by atoms with Gasteiger partial charge in [-0.3, -0.25) is 14.6 Å². The van der Waals surface area contributed by atoms with Crippen LogP contribution in [-0.2, 0) is 17.8 Å². The highest BCUT2D eigenvalue weighted by molar-refractivity contribution is 5.78. The van der Waals surface area contributed by atoms with E-state index in [1.54, 1.807) is 13.2 Å². The third-order valence-corrected chi connectivity index (χ3v) is 5.30.